The van der Waals surface area contributed by atoms with E-state index >= 15 is 0 Å². The molecule has 0 spiro atoms. The third kappa shape index (κ3) is 1.41. The summed E-state index contributed by atoms with van der Waals surface area (Å²) in [5.41, 5.74) is 2.79. The van der Waals surface area contributed by atoms with Crippen molar-refractivity contribution < 1.29 is 0 Å². The van der Waals surface area contributed by atoms with Crippen LogP contribution in [0.15, 0.2) is 0 Å². The molecule has 0 aromatic carbocycles. The lowest BCUT2D eigenvalue weighted by Crippen LogP contribution is -2.14. The van der Waals surface area contributed by atoms with Crippen LogP contribution < -0.4 is 5.32 Å². The maximum atomic E-state index is 4.31. The molecule has 1 heterocycles. The van der Waals surface area contributed by atoms with Crippen molar-refractivity contribution in [2.24, 2.45) is 5.92 Å². The quantitative estimate of drug-likeness (QED) is 0.757. The Morgan fingerprint density at radius 2 is 2.29 bits per heavy atom. The predicted octanol–water partition coefficient (Wildman–Crippen LogP) is 2.53. The molecule has 0 saturated carbocycles. The van der Waals surface area contributed by atoms with Crippen molar-refractivity contribution in [2.45, 2.75) is 39.0 Å². The third-order valence-corrected chi connectivity index (χ3v) is 3.25. The van der Waals surface area contributed by atoms with Gasteiger partial charge in [-0.15, -0.1) is 0 Å². The molecule has 0 saturated heterocycles. The van der Waals surface area contributed by atoms with E-state index in [1.54, 1.807) is 0 Å². The number of rotatable bonds is 2. The average molecular weight is 193 g/mol. The zero-order valence-electron chi connectivity index (χ0n) is 9.22. The van der Waals surface area contributed by atoms with Crippen LogP contribution in [0.1, 0.15) is 43.9 Å². The van der Waals surface area contributed by atoms with Gasteiger partial charge in [-0.05, 0) is 25.2 Å². The summed E-state index contributed by atoms with van der Waals surface area (Å²) in [4.78, 5) is 0. The molecule has 1 aliphatic carbocycles. The first kappa shape index (κ1) is 9.56. The smallest absolute Gasteiger partial charge is 0.151 e. The molecule has 0 aliphatic heterocycles. The molecule has 78 valence electrons. The van der Waals surface area contributed by atoms with Gasteiger partial charge < -0.3 is 5.32 Å². The highest BCUT2D eigenvalue weighted by atomic mass is 15.2. The van der Waals surface area contributed by atoms with Crippen LogP contribution in [0.3, 0.4) is 0 Å². The molecule has 0 fully saturated rings. The predicted molar refractivity (Wildman–Crippen MR) is 58.7 cm³/mol. The number of H-pyrrole nitrogens is 1. The van der Waals surface area contributed by atoms with Crippen LogP contribution in [-0.2, 0) is 6.42 Å². The summed E-state index contributed by atoms with van der Waals surface area (Å²) in [6.45, 7) is 4.58. The van der Waals surface area contributed by atoms with Crippen LogP contribution in [0, 0.1) is 5.92 Å². The van der Waals surface area contributed by atoms with Crippen LogP contribution in [0.25, 0.3) is 0 Å². The summed E-state index contributed by atoms with van der Waals surface area (Å²) in [6.07, 6.45) is 3.77. The summed E-state index contributed by atoms with van der Waals surface area (Å²) in [5, 5.41) is 10.7. The monoisotopic (exact) mass is 193 g/mol. The highest BCUT2D eigenvalue weighted by molar-refractivity contribution is 5.48. The molecule has 2 N–H and O–H groups in total. The van der Waals surface area contributed by atoms with E-state index in [2.05, 4.69) is 29.4 Å². The van der Waals surface area contributed by atoms with Crippen molar-refractivity contribution >= 4 is 5.82 Å². The van der Waals surface area contributed by atoms with E-state index in [9.17, 15) is 0 Å². The van der Waals surface area contributed by atoms with Crippen molar-refractivity contribution in [1.82, 2.24) is 10.2 Å². The molecule has 0 radical (unpaired) electrons. The number of hydrogen-bond acceptors (Lipinski definition) is 2. The summed E-state index contributed by atoms with van der Waals surface area (Å²) in [6, 6.07) is 0. The Kier molecular flexibility index (Phi) is 2.48. The highest BCUT2D eigenvalue weighted by Crippen LogP contribution is 2.37. The lowest BCUT2D eigenvalue weighted by Gasteiger charge is -2.25. The Hall–Kier alpha value is -0.990. The minimum Gasteiger partial charge on any atom is -0.371 e. The zero-order chi connectivity index (χ0) is 10.1. The molecule has 1 atom stereocenters. The van der Waals surface area contributed by atoms with Crippen molar-refractivity contribution in [2.75, 3.05) is 12.4 Å². The van der Waals surface area contributed by atoms with Gasteiger partial charge in [0.15, 0.2) is 5.82 Å². The van der Waals surface area contributed by atoms with Gasteiger partial charge in [-0.2, -0.15) is 5.10 Å². The van der Waals surface area contributed by atoms with Gasteiger partial charge in [0.2, 0.25) is 0 Å². The fraction of sp³-hybridized carbons (Fsp3) is 0.727. The summed E-state index contributed by atoms with van der Waals surface area (Å²) in [7, 11) is 1.94. The fourth-order valence-corrected chi connectivity index (χ4v) is 2.45. The topological polar surface area (TPSA) is 40.7 Å². The molecule has 2 rings (SSSR count). The molecule has 1 aliphatic rings. The van der Waals surface area contributed by atoms with Crippen LogP contribution >= 0.6 is 0 Å². The first-order valence-corrected chi connectivity index (χ1v) is 5.49. The molecular weight excluding hydrogens is 174 g/mol. The van der Waals surface area contributed by atoms with E-state index in [1.807, 2.05) is 7.05 Å². The SMILES string of the molecule is CNc1n[nH]c2c1CCCC2C(C)C. The fourth-order valence-electron chi connectivity index (χ4n) is 2.45. The molecular formula is C11H19N3. The number of hydrogen-bond donors (Lipinski definition) is 2. The molecule has 14 heavy (non-hydrogen) atoms. The number of nitrogens with one attached hydrogen (secondary N) is 2. The second-order valence-electron chi connectivity index (χ2n) is 4.46. The first-order valence-electron chi connectivity index (χ1n) is 5.49. The Morgan fingerprint density at radius 3 is 2.93 bits per heavy atom. The number of nitrogens with zero attached hydrogens (tertiary/aromatic N) is 1. The highest BCUT2D eigenvalue weighted by Gasteiger charge is 2.26. The summed E-state index contributed by atoms with van der Waals surface area (Å²) in [5.74, 6) is 2.43. The molecule has 0 amide bonds. The minimum absolute atomic E-state index is 0.674. The van der Waals surface area contributed by atoms with Crippen LogP contribution in [0.4, 0.5) is 5.82 Å². The molecule has 1 aromatic heterocycles. The lowest BCUT2D eigenvalue weighted by atomic mass is 9.81. The van der Waals surface area contributed by atoms with Gasteiger partial charge in [-0.1, -0.05) is 13.8 Å². The standard InChI is InChI=1S/C11H19N3/c1-7(2)8-5-4-6-9-10(8)13-14-11(9)12-3/h7-8H,4-6H2,1-3H3,(H2,12,13,14). The van der Waals surface area contributed by atoms with Crippen molar-refractivity contribution in [3.8, 4) is 0 Å². The van der Waals surface area contributed by atoms with E-state index in [1.165, 1.54) is 30.5 Å². The van der Waals surface area contributed by atoms with Crippen molar-refractivity contribution in [1.29, 1.82) is 0 Å². The lowest BCUT2D eigenvalue weighted by molar-refractivity contribution is 0.425. The van der Waals surface area contributed by atoms with Gasteiger partial charge in [0.05, 0.1) is 0 Å². The van der Waals surface area contributed by atoms with Gasteiger partial charge in [0, 0.05) is 24.2 Å². The van der Waals surface area contributed by atoms with E-state index in [-0.39, 0.29) is 0 Å². The number of aromatic nitrogens is 2. The van der Waals surface area contributed by atoms with Crippen molar-refractivity contribution in [3.05, 3.63) is 11.3 Å². The average Bonchev–Trinajstić information content (AvgIpc) is 2.59. The Bertz CT molecular complexity index is 314. The Labute approximate surface area is 85.3 Å². The molecule has 1 unspecified atom stereocenters. The second kappa shape index (κ2) is 3.64. The molecule has 0 bridgehead atoms. The van der Waals surface area contributed by atoms with E-state index in [4.69, 9.17) is 0 Å². The van der Waals surface area contributed by atoms with Gasteiger partial charge in [-0.3, -0.25) is 5.10 Å². The Morgan fingerprint density at radius 1 is 1.50 bits per heavy atom. The molecule has 3 heteroatoms. The van der Waals surface area contributed by atoms with Crippen LogP contribution in [0.5, 0.6) is 0 Å². The first-order chi connectivity index (χ1) is 6.74. The summed E-state index contributed by atoms with van der Waals surface area (Å²) >= 11 is 0. The Balaban J connectivity index is 2.36. The van der Waals surface area contributed by atoms with Gasteiger partial charge in [0.1, 0.15) is 0 Å². The number of fused-ring (bicyclic) bond motifs is 1. The minimum atomic E-state index is 0.674. The second-order valence-corrected chi connectivity index (χ2v) is 4.46. The van der Waals surface area contributed by atoms with Crippen LogP contribution in [-0.4, -0.2) is 17.2 Å². The van der Waals surface area contributed by atoms with E-state index < -0.39 is 0 Å². The van der Waals surface area contributed by atoms with Gasteiger partial charge in [-0.25, -0.2) is 0 Å². The largest absolute Gasteiger partial charge is 0.371 e. The number of aromatic amines is 1. The van der Waals surface area contributed by atoms with Gasteiger partial charge >= 0.3 is 0 Å². The third-order valence-electron chi connectivity index (χ3n) is 3.25. The van der Waals surface area contributed by atoms with Gasteiger partial charge in [0.25, 0.3) is 0 Å². The normalized spacial score (nSPS) is 21.0. The summed E-state index contributed by atoms with van der Waals surface area (Å²) < 4.78 is 0. The molecule has 1 aromatic rings. The maximum absolute atomic E-state index is 4.31. The molecule has 3 nitrogen and oxygen atoms in total. The van der Waals surface area contributed by atoms with Crippen LogP contribution in [0.2, 0.25) is 0 Å². The van der Waals surface area contributed by atoms with E-state index in [0.717, 1.165) is 5.82 Å². The maximum Gasteiger partial charge on any atom is 0.151 e. The van der Waals surface area contributed by atoms with Crippen molar-refractivity contribution in [3.63, 3.8) is 0 Å². The zero-order valence-corrected chi connectivity index (χ0v) is 9.22. The number of anilines is 1. The van der Waals surface area contributed by atoms with E-state index in [0.29, 0.717) is 11.8 Å².